The third-order valence-corrected chi connectivity index (χ3v) is 3.38. The van der Waals surface area contributed by atoms with Crippen LogP contribution in [-0.2, 0) is 14.3 Å². The Labute approximate surface area is 134 Å². The molecule has 1 heterocycles. The van der Waals surface area contributed by atoms with Crippen molar-refractivity contribution in [3.05, 3.63) is 17.7 Å². The molecule has 1 amide bonds. The molecule has 1 atom stereocenters. The minimum atomic E-state index is -0.610. The average molecular weight is 324 g/mol. The van der Waals surface area contributed by atoms with Crippen molar-refractivity contribution in [3.8, 4) is 11.5 Å². The van der Waals surface area contributed by atoms with Crippen LogP contribution in [0.3, 0.4) is 0 Å². The first-order chi connectivity index (χ1) is 11.1. The lowest BCUT2D eigenvalue weighted by atomic mass is 10.1. The van der Waals surface area contributed by atoms with Crippen molar-refractivity contribution in [2.24, 2.45) is 0 Å². The zero-order chi connectivity index (χ0) is 16.8. The van der Waals surface area contributed by atoms with E-state index in [-0.39, 0.29) is 11.5 Å². The summed E-state index contributed by atoms with van der Waals surface area (Å²) in [4.78, 5) is 24.1. The standard InChI is InChI=1S/C15H20N2O6/c1-20-11-7-9(15(19)22-3)6-10(13(11)21-2)17-14(18)12-8-16-4-5-23-12/h6-7,12,16H,4-5,8H2,1-3H3,(H,17,18). The normalized spacial score (nSPS) is 17.3. The van der Waals surface area contributed by atoms with Gasteiger partial charge in [0.25, 0.3) is 5.91 Å². The largest absolute Gasteiger partial charge is 0.493 e. The molecular formula is C15H20N2O6. The number of anilines is 1. The predicted octanol–water partition coefficient (Wildman–Crippen LogP) is 0.417. The molecule has 1 aromatic rings. The summed E-state index contributed by atoms with van der Waals surface area (Å²) in [6.07, 6.45) is -0.610. The third kappa shape index (κ3) is 3.91. The van der Waals surface area contributed by atoms with Gasteiger partial charge in [-0.25, -0.2) is 4.79 Å². The maximum atomic E-state index is 12.3. The molecule has 2 N–H and O–H groups in total. The fraction of sp³-hybridized carbons (Fsp3) is 0.467. The Morgan fingerprint density at radius 1 is 1.26 bits per heavy atom. The summed E-state index contributed by atoms with van der Waals surface area (Å²) in [6, 6.07) is 2.96. The Hall–Kier alpha value is -2.32. The molecule has 0 bridgehead atoms. The van der Waals surface area contributed by atoms with Crippen molar-refractivity contribution in [2.45, 2.75) is 6.10 Å². The smallest absolute Gasteiger partial charge is 0.338 e. The van der Waals surface area contributed by atoms with E-state index >= 15 is 0 Å². The lowest BCUT2D eigenvalue weighted by Gasteiger charge is -2.23. The van der Waals surface area contributed by atoms with E-state index in [1.54, 1.807) is 0 Å². The van der Waals surface area contributed by atoms with Gasteiger partial charge in [-0.1, -0.05) is 0 Å². The van der Waals surface area contributed by atoms with Crippen LogP contribution in [-0.4, -0.2) is 59.0 Å². The van der Waals surface area contributed by atoms with E-state index in [9.17, 15) is 9.59 Å². The van der Waals surface area contributed by atoms with Gasteiger partial charge < -0.3 is 29.6 Å². The number of ether oxygens (including phenoxy) is 4. The average Bonchev–Trinajstić information content (AvgIpc) is 2.60. The van der Waals surface area contributed by atoms with Gasteiger partial charge in [-0.15, -0.1) is 0 Å². The van der Waals surface area contributed by atoms with Gasteiger partial charge >= 0.3 is 5.97 Å². The number of hydrogen-bond donors (Lipinski definition) is 2. The van der Waals surface area contributed by atoms with Crippen LogP contribution in [0.25, 0.3) is 0 Å². The van der Waals surface area contributed by atoms with Gasteiger partial charge in [0.1, 0.15) is 6.10 Å². The van der Waals surface area contributed by atoms with Crippen molar-refractivity contribution in [1.82, 2.24) is 5.32 Å². The maximum absolute atomic E-state index is 12.3. The molecular weight excluding hydrogens is 304 g/mol. The molecule has 1 aliphatic rings. The lowest BCUT2D eigenvalue weighted by Crippen LogP contribution is -2.45. The summed E-state index contributed by atoms with van der Waals surface area (Å²) in [5, 5.41) is 5.78. The number of rotatable bonds is 5. The van der Waals surface area contributed by atoms with E-state index in [0.717, 1.165) is 0 Å². The van der Waals surface area contributed by atoms with Gasteiger partial charge in [0.2, 0.25) is 0 Å². The summed E-state index contributed by atoms with van der Waals surface area (Å²) >= 11 is 0. The van der Waals surface area contributed by atoms with Crippen molar-refractivity contribution < 1.29 is 28.5 Å². The van der Waals surface area contributed by atoms with E-state index in [1.807, 2.05) is 0 Å². The Morgan fingerprint density at radius 3 is 2.61 bits per heavy atom. The summed E-state index contributed by atoms with van der Waals surface area (Å²) in [7, 11) is 4.17. The summed E-state index contributed by atoms with van der Waals surface area (Å²) in [5.74, 6) is -0.248. The molecule has 8 heteroatoms. The van der Waals surface area contributed by atoms with Crippen LogP contribution in [0.15, 0.2) is 12.1 Å². The van der Waals surface area contributed by atoms with Crippen LogP contribution >= 0.6 is 0 Å². The van der Waals surface area contributed by atoms with Crippen molar-refractivity contribution in [2.75, 3.05) is 46.3 Å². The number of hydrogen-bond acceptors (Lipinski definition) is 7. The lowest BCUT2D eigenvalue weighted by molar-refractivity contribution is -0.128. The molecule has 1 unspecified atom stereocenters. The van der Waals surface area contributed by atoms with Gasteiger partial charge in [-0.05, 0) is 12.1 Å². The molecule has 1 saturated heterocycles. The van der Waals surface area contributed by atoms with E-state index < -0.39 is 12.1 Å². The number of benzene rings is 1. The predicted molar refractivity (Wildman–Crippen MR) is 82.1 cm³/mol. The quantitative estimate of drug-likeness (QED) is 0.758. The first-order valence-electron chi connectivity index (χ1n) is 7.08. The molecule has 126 valence electrons. The second-order valence-electron chi connectivity index (χ2n) is 4.80. The monoisotopic (exact) mass is 324 g/mol. The number of morpholine rings is 1. The highest BCUT2D eigenvalue weighted by molar-refractivity contribution is 5.99. The summed E-state index contributed by atoms with van der Waals surface area (Å²) < 4.78 is 20.6. The highest BCUT2D eigenvalue weighted by atomic mass is 16.5. The number of methoxy groups -OCH3 is 3. The number of carbonyl (C=O) groups is 2. The molecule has 0 aliphatic carbocycles. The molecule has 8 nitrogen and oxygen atoms in total. The maximum Gasteiger partial charge on any atom is 0.338 e. The van der Waals surface area contributed by atoms with Crippen LogP contribution < -0.4 is 20.1 Å². The molecule has 0 spiro atoms. The van der Waals surface area contributed by atoms with Gasteiger partial charge in [-0.2, -0.15) is 0 Å². The highest BCUT2D eigenvalue weighted by Crippen LogP contribution is 2.37. The molecule has 0 radical (unpaired) electrons. The second kappa shape index (κ2) is 7.80. The van der Waals surface area contributed by atoms with Crippen molar-refractivity contribution >= 4 is 17.6 Å². The molecule has 2 rings (SSSR count). The fourth-order valence-electron chi connectivity index (χ4n) is 2.24. The summed E-state index contributed by atoms with van der Waals surface area (Å²) in [5.41, 5.74) is 0.551. The van der Waals surface area contributed by atoms with E-state index in [0.29, 0.717) is 36.9 Å². The topological polar surface area (TPSA) is 95.1 Å². The van der Waals surface area contributed by atoms with Gasteiger partial charge in [0.05, 0.1) is 39.2 Å². The van der Waals surface area contributed by atoms with E-state index in [1.165, 1.54) is 33.5 Å². The fourth-order valence-corrected chi connectivity index (χ4v) is 2.24. The Balaban J connectivity index is 2.30. The van der Waals surface area contributed by atoms with Crippen LogP contribution in [0.5, 0.6) is 11.5 Å². The Bertz CT molecular complexity index is 584. The SMILES string of the molecule is COC(=O)c1cc(NC(=O)C2CNCCO2)c(OC)c(OC)c1. The first kappa shape index (κ1) is 17.0. The Morgan fingerprint density at radius 2 is 2.04 bits per heavy atom. The van der Waals surface area contributed by atoms with Crippen molar-refractivity contribution in [1.29, 1.82) is 0 Å². The number of esters is 1. The van der Waals surface area contributed by atoms with E-state index in [2.05, 4.69) is 10.6 Å². The van der Waals surface area contributed by atoms with Crippen LogP contribution in [0.2, 0.25) is 0 Å². The molecule has 1 aliphatic heterocycles. The molecule has 23 heavy (non-hydrogen) atoms. The molecule has 1 fully saturated rings. The highest BCUT2D eigenvalue weighted by Gasteiger charge is 2.24. The third-order valence-electron chi connectivity index (χ3n) is 3.38. The number of carbonyl (C=O) groups excluding carboxylic acids is 2. The van der Waals surface area contributed by atoms with Gasteiger partial charge in [0, 0.05) is 13.1 Å². The number of nitrogens with one attached hydrogen (secondary N) is 2. The zero-order valence-electron chi connectivity index (χ0n) is 13.3. The van der Waals surface area contributed by atoms with Crippen LogP contribution in [0.4, 0.5) is 5.69 Å². The van der Waals surface area contributed by atoms with Gasteiger partial charge in [0.15, 0.2) is 11.5 Å². The second-order valence-corrected chi connectivity index (χ2v) is 4.80. The van der Waals surface area contributed by atoms with E-state index in [4.69, 9.17) is 18.9 Å². The van der Waals surface area contributed by atoms with Crippen molar-refractivity contribution in [3.63, 3.8) is 0 Å². The van der Waals surface area contributed by atoms with Gasteiger partial charge in [-0.3, -0.25) is 4.79 Å². The number of amides is 1. The minimum absolute atomic E-state index is 0.239. The van der Waals surface area contributed by atoms with Crippen LogP contribution in [0.1, 0.15) is 10.4 Å². The molecule has 0 saturated carbocycles. The Kier molecular flexibility index (Phi) is 5.78. The van der Waals surface area contributed by atoms with Crippen LogP contribution in [0, 0.1) is 0 Å². The molecule has 0 aromatic heterocycles. The summed E-state index contributed by atoms with van der Waals surface area (Å²) in [6.45, 7) is 1.58. The first-order valence-corrected chi connectivity index (χ1v) is 7.08. The molecule has 1 aromatic carbocycles. The zero-order valence-corrected chi connectivity index (χ0v) is 13.3. The minimum Gasteiger partial charge on any atom is -0.493 e.